The lowest BCUT2D eigenvalue weighted by Crippen LogP contribution is -2.46. The normalized spacial score (nSPS) is 15.6. The number of urea groups is 1. The third kappa shape index (κ3) is 4.82. The average Bonchev–Trinajstić information content (AvgIpc) is 3.39. The molecule has 37 heavy (non-hydrogen) atoms. The summed E-state index contributed by atoms with van der Waals surface area (Å²) in [6.07, 6.45) is 0.934. The number of benzene rings is 3. The van der Waals surface area contributed by atoms with Gasteiger partial charge >= 0.3 is 6.03 Å². The van der Waals surface area contributed by atoms with Crippen molar-refractivity contribution in [3.63, 3.8) is 0 Å². The van der Waals surface area contributed by atoms with Crippen LogP contribution in [0.5, 0.6) is 5.75 Å². The standard InChI is InChI=1S/C29H27FN4O3/c1-4-19-9-11-21(12-10-19)27-32-28(37-33-27)25-18(3)34(23-8-6-7-22(30)17-23)29(35)31-26(25)20-13-15-24(16-14-20)36-5-2/h6-17,26H,4-5H2,1-3H3,(H,31,35). The van der Waals surface area contributed by atoms with Gasteiger partial charge < -0.3 is 14.6 Å². The number of nitrogens with zero attached hydrogens (tertiary/aromatic N) is 3. The van der Waals surface area contributed by atoms with E-state index in [0.717, 1.165) is 23.3 Å². The molecule has 0 fully saturated rings. The molecule has 4 aromatic rings. The van der Waals surface area contributed by atoms with Gasteiger partial charge in [-0.15, -0.1) is 0 Å². The second-order valence-electron chi connectivity index (χ2n) is 8.67. The van der Waals surface area contributed by atoms with Gasteiger partial charge in [-0.25, -0.2) is 9.18 Å². The minimum absolute atomic E-state index is 0.271. The van der Waals surface area contributed by atoms with Crippen LogP contribution in [0.2, 0.25) is 0 Å². The van der Waals surface area contributed by atoms with Gasteiger partial charge in [0.15, 0.2) is 0 Å². The molecule has 2 amide bonds. The van der Waals surface area contributed by atoms with E-state index in [1.807, 2.05) is 55.5 Å². The average molecular weight is 499 g/mol. The van der Waals surface area contributed by atoms with E-state index in [0.29, 0.717) is 29.4 Å². The van der Waals surface area contributed by atoms with E-state index >= 15 is 0 Å². The maximum Gasteiger partial charge on any atom is 0.327 e. The third-order valence-corrected chi connectivity index (χ3v) is 6.35. The SMILES string of the molecule is CCOc1ccc(C2NC(=O)N(c3cccc(F)c3)C(C)=C2c2nc(-c3ccc(CC)cc3)no2)cc1. The first-order valence-corrected chi connectivity index (χ1v) is 12.2. The predicted octanol–water partition coefficient (Wildman–Crippen LogP) is 6.54. The highest BCUT2D eigenvalue weighted by Gasteiger charge is 2.36. The fourth-order valence-corrected chi connectivity index (χ4v) is 4.46. The van der Waals surface area contributed by atoms with Crippen LogP contribution in [-0.2, 0) is 6.42 Å². The van der Waals surface area contributed by atoms with Gasteiger partial charge in [0.05, 0.1) is 23.9 Å². The van der Waals surface area contributed by atoms with Crippen LogP contribution in [0.1, 0.15) is 43.8 Å². The molecule has 0 bridgehead atoms. The summed E-state index contributed by atoms with van der Waals surface area (Å²) in [5.74, 6) is 1.00. The van der Waals surface area contributed by atoms with E-state index in [2.05, 4.69) is 17.4 Å². The number of aryl methyl sites for hydroxylation is 1. The number of nitrogens with one attached hydrogen (secondary N) is 1. The van der Waals surface area contributed by atoms with Gasteiger partial charge in [0.25, 0.3) is 5.89 Å². The minimum Gasteiger partial charge on any atom is -0.494 e. The summed E-state index contributed by atoms with van der Waals surface area (Å²) in [5.41, 5.74) is 4.43. The first-order chi connectivity index (χ1) is 18.0. The number of halogens is 1. The molecule has 0 saturated heterocycles. The fourth-order valence-electron chi connectivity index (χ4n) is 4.46. The molecule has 0 saturated carbocycles. The summed E-state index contributed by atoms with van der Waals surface area (Å²) < 4.78 is 25.4. The Morgan fingerprint density at radius 1 is 1.05 bits per heavy atom. The Balaban J connectivity index is 1.61. The van der Waals surface area contributed by atoms with Crippen molar-refractivity contribution in [2.24, 2.45) is 0 Å². The van der Waals surface area contributed by atoms with Gasteiger partial charge in [-0.1, -0.05) is 54.5 Å². The number of hydrogen-bond donors (Lipinski definition) is 1. The Kier molecular flexibility index (Phi) is 6.72. The molecule has 0 radical (unpaired) electrons. The van der Waals surface area contributed by atoms with Gasteiger partial charge in [0.2, 0.25) is 5.82 Å². The number of allylic oxidation sites excluding steroid dienone is 1. The summed E-state index contributed by atoms with van der Waals surface area (Å²) in [7, 11) is 0. The summed E-state index contributed by atoms with van der Waals surface area (Å²) >= 11 is 0. The van der Waals surface area contributed by atoms with E-state index in [-0.39, 0.29) is 11.9 Å². The molecule has 0 spiro atoms. The lowest BCUT2D eigenvalue weighted by atomic mass is 9.94. The molecule has 1 atom stereocenters. The number of anilines is 1. The molecule has 1 N–H and O–H groups in total. The van der Waals surface area contributed by atoms with Crippen molar-refractivity contribution < 1.29 is 18.4 Å². The van der Waals surface area contributed by atoms with E-state index < -0.39 is 11.9 Å². The maximum atomic E-state index is 14.1. The van der Waals surface area contributed by atoms with Crippen LogP contribution in [0.3, 0.4) is 0 Å². The highest BCUT2D eigenvalue weighted by Crippen LogP contribution is 2.39. The maximum absolute atomic E-state index is 14.1. The van der Waals surface area contributed by atoms with Crippen molar-refractivity contribution in [1.29, 1.82) is 0 Å². The molecule has 188 valence electrons. The largest absolute Gasteiger partial charge is 0.494 e. The van der Waals surface area contributed by atoms with Crippen molar-refractivity contribution in [2.75, 3.05) is 11.5 Å². The van der Waals surface area contributed by atoms with Crippen molar-refractivity contribution in [3.8, 4) is 17.1 Å². The topological polar surface area (TPSA) is 80.5 Å². The Hall–Kier alpha value is -4.46. The van der Waals surface area contributed by atoms with Crippen LogP contribution < -0.4 is 15.0 Å². The molecule has 2 heterocycles. The zero-order valence-electron chi connectivity index (χ0n) is 20.9. The second-order valence-corrected chi connectivity index (χ2v) is 8.67. The smallest absolute Gasteiger partial charge is 0.327 e. The highest BCUT2D eigenvalue weighted by molar-refractivity contribution is 6.01. The zero-order chi connectivity index (χ0) is 25.9. The molecule has 8 heteroatoms. The van der Waals surface area contributed by atoms with E-state index in [1.54, 1.807) is 19.1 Å². The second kappa shape index (κ2) is 10.3. The van der Waals surface area contributed by atoms with E-state index in [1.165, 1.54) is 22.6 Å². The number of aromatic nitrogens is 2. The molecule has 7 nitrogen and oxygen atoms in total. The fraction of sp³-hybridized carbons (Fsp3) is 0.207. The number of carbonyl (C=O) groups excluding carboxylic acids is 1. The van der Waals surface area contributed by atoms with Gasteiger partial charge in [-0.3, -0.25) is 4.90 Å². The molecular weight excluding hydrogens is 471 g/mol. The number of carbonyl (C=O) groups is 1. The Labute approximate surface area is 214 Å². The lowest BCUT2D eigenvalue weighted by molar-refractivity contribution is 0.244. The van der Waals surface area contributed by atoms with Crippen molar-refractivity contribution >= 4 is 17.3 Å². The summed E-state index contributed by atoms with van der Waals surface area (Å²) in [6.45, 7) is 6.36. The first-order valence-electron chi connectivity index (χ1n) is 12.2. The van der Waals surface area contributed by atoms with Crippen LogP contribution >= 0.6 is 0 Å². The van der Waals surface area contributed by atoms with E-state index in [9.17, 15) is 9.18 Å². The molecule has 1 aromatic heterocycles. The Morgan fingerprint density at radius 3 is 2.49 bits per heavy atom. The Bertz CT molecular complexity index is 1440. The predicted molar refractivity (Wildman–Crippen MR) is 139 cm³/mol. The quantitative estimate of drug-likeness (QED) is 0.313. The van der Waals surface area contributed by atoms with Crippen LogP contribution in [-0.4, -0.2) is 22.8 Å². The van der Waals surface area contributed by atoms with Crippen molar-refractivity contribution in [1.82, 2.24) is 15.5 Å². The van der Waals surface area contributed by atoms with Gasteiger partial charge in [0, 0.05) is 11.3 Å². The van der Waals surface area contributed by atoms with Crippen molar-refractivity contribution in [3.05, 3.63) is 101 Å². The summed E-state index contributed by atoms with van der Waals surface area (Å²) in [6, 6.07) is 20.4. The molecule has 1 aliphatic heterocycles. The Morgan fingerprint density at radius 2 is 1.81 bits per heavy atom. The summed E-state index contributed by atoms with van der Waals surface area (Å²) in [4.78, 5) is 19.4. The third-order valence-electron chi connectivity index (χ3n) is 6.35. The number of ether oxygens (including phenoxy) is 1. The molecule has 0 aliphatic carbocycles. The molecular formula is C29H27FN4O3. The van der Waals surface area contributed by atoms with Gasteiger partial charge in [-0.2, -0.15) is 4.98 Å². The molecule has 1 unspecified atom stereocenters. The summed E-state index contributed by atoms with van der Waals surface area (Å²) in [5, 5.41) is 7.25. The highest BCUT2D eigenvalue weighted by atomic mass is 19.1. The number of hydrogen-bond acceptors (Lipinski definition) is 5. The first kappa shape index (κ1) is 24.2. The van der Waals surface area contributed by atoms with Crippen LogP contribution in [0.4, 0.5) is 14.9 Å². The monoisotopic (exact) mass is 498 g/mol. The zero-order valence-corrected chi connectivity index (χ0v) is 20.9. The minimum atomic E-state index is -0.566. The number of rotatable bonds is 7. The van der Waals surface area contributed by atoms with Crippen LogP contribution in [0, 0.1) is 5.82 Å². The molecule has 5 rings (SSSR count). The van der Waals surface area contributed by atoms with Crippen LogP contribution in [0.25, 0.3) is 17.0 Å². The van der Waals surface area contributed by atoms with E-state index in [4.69, 9.17) is 14.2 Å². The lowest BCUT2D eigenvalue weighted by Gasteiger charge is -2.35. The van der Waals surface area contributed by atoms with Crippen LogP contribution in [0.15, 0.2) is 83.0 Å². The van der Waals surface area contributed by atoms with Gasteiger partial charge in [0.1, 0.15) is 11.6 Å². The molecule has 3 aromatic carbocycles. The van der Waals surface area contributed by atoms with Crippen molar-refractivity contribution in [2.45, 2.75) is 33.2 Å². The van der Waals surface area contributed by atoms with Gasteiger partial charge in [-0.05, 0) is 61.7 Å². The molecule has 1 aliphatic rings. The number of amides is 2.